The Morgan fingerprint density at radius 3 is 2.43 bits per heavy atom. The maximum Gasteiger partial charge on any atom is 0.408 e. The smallest absolute Gasteiger partial charge is 0.408 e. The Kier molecular flexibility index (Phi) is 10.2. The second-order valence-corrected chi connectivity index (χ2v) is 6.78. The third-order valence-electron chi connectivity index (χ3n) is 2.26. The zero-order valence-electron chi connectivity index (χ0n) is 13.3. The van der Waals surface area contributed by atoms with Gasteiger partial charge in [-0.05, 0) is 39.4 Å². The number of carbonyl (C=O) groups excluding carboxylic acids is 1. The molecule has 0 bridgehead atoms. The third-order valence-corrected chi connectivity index (χ3v) is 3.24. The summed E-state index contributed by atoms with van der Waals surface area (Å²) in [6.45, 7) is 8.65. The van der Waals surface area contributed by atoms with Crippen LogP contribution in [-0.2, 0) is 14.3 Å². The molecule has 0 aliphatic carbocycles. The second kappa shape index (κ2) is 10.7. The normalized spacial score (nSPS) is 12.8. The van der Waals surface area contributed by atoms with Gasteiger partial charge < -0.3 is 19.9 Å². The number of carboxylic acid groups (broad SMARTS) is 1. The molecule has 0 aliphatic rings. The molecule has 0 fully saturated rings. The average molecular weight is 321 g/mol. The molecule has 0 aliphatic heterocycles. The van der Waals surface area contributed by atoms with E-state index in [4.69, 9.17) is 14.6 Å². The predicted molar refractivity (Wildman–Crippen MR) is 83.8 cm³/mol. The van der Waals surface area contributed by atoms with Crippen molar-refractivity contribution in [1.82, 2.24) is 5.32 Å². The van der Waals surface area contributed by atoms with Crippen LogP contribution in [0.3, 0.4) is 0 Å². The minimum absolute atomic E-state index is 0.354. The van der Waals surface area contributed by atoms with Gasteiger partial charge in [0.05, 0.1) is 6.61 Å². The maximum absolute atomic E-state index is 11.6. The Labute approximate surface area is 131 Å². The molecule has 21 heavy (non-hydrogen) atoms. The molecule has 124 valence electrons. The molecule has 0 heterocycles. The highest BCUT2D eigenvalue weighted by atomic mass is 32.2. The van der Waals surface area contributed by atoms with E-state index in [0.717, 1.165) is 18.8 Å². The lowest BCUT2D eigenvalue weighted by Crippen LogP contribution is -2.43. The fourth-order valence-electron chi connectivity index (χ4n) is 1.37. The van der Waals surface area contributed by atoms with Gasteiger partial charge in [0.2, 0.25) is 0 Å². The number of aliphatic carboxylic acids is 1. The molecule has 0 aromatic rings. The third kappa shape index (κ3) is 12.5. The van der Waals surface area contributed by atoms with E-state index in [-0.39, 0.29) is 0 Å². The SMILES string of the molecule is CCCOCCSCCC(NC(=O)OC(C)(C)C)C(=O)O. The van der Waals surface area contributed by atoms with Crippen LogP contribution in [0.15, 0.2) is 0 Å². The van der Waals surface area contributed by atoms with Crippen molar-refractivity contribution in [3.8, 4) is 0 Å². The molecule has 7 heteroatoms. The van der Waals surface area contributed by atoms with Crippen LogP contribution in [0.1, 0.15) is 40.5 Å². The summed E-state index contributed by atoms with van der Waals surface area (Å²) in [5.74, 6) is 0.407. The lowest BCUT2D eigenvalue weighted by atomic mass is 10.2. The van der Waals surface area contributed by atoms with E-state index >= 15 is 0 Å². The maximum atomic E-state index is 11.6. The molecule has 6 nitrogen and oxygen atoms in total. The van der Waals surface area contributed by atoms with E-state index in [2.05, 4.69) is 5.32 Å². The number of carboxylic acids is 1. The lowest BCUT2D eigenvalue weighted by molar-refractivity contribution is -0.139. The molecule has 1 amide bonds. The van der Waals surface area contributed by atoms with Crippen LogP contribution in [0.2, 0.25) is 0 Å². The fourth-order valence-corrected chi connectivity index (χ4v) is 2.22. The fraction of sp³-hybridized carbons (Fsp3) is 0.857. The van der Waals surface area contributed by atoms with Gasteiger partial charge in [0.25, 0.3) is 0 Å². The van der Waals surface area contributed by atoms with Crippen molar-refractivity contribution in [3.05, 3.63) is 0 Å². The van der Waals surface area contributed by atoms with Crippen molar-refractivity contribution in [2.24, 2.45) is 0 Å². The number of ether oxygens (including phenoxy) is 2. The number of nitrogens with one attached hydrogen (secondary N) is 1. The topological polar surface area (TPSA) is 84.9 Å². The zero-order valence-corrected chi connectivity index (χ0v) is 14.1. The number of carbonyl (C=O) groups is 2. The Morgan fingerprint density at radius 2 is 1.90 bits per heavy atom. The van der Waals surface area contributed by atoms with Crippen molar-refractivity contribution in [2.75, 3.05) is 24.7 Å². The number of amides is 1. The van der Waals surface area contributed by atoms with Crippen LogP contribution in [0, 0.1) is 0 Å². The Morgan fingerprint density at radius 1 is 1.24 bits per heavy atom. The number of hydrogen-bond acceptors (Lipinski definition) is 5. The standard InChI is InChI=1S/C14H27NO5S/c1-5-7-19-8-10-21-9-6-11(12(16)17)15-13(18)20-14(2,3)4/h11H,5-10H2,1-4H3,(H,15,18)(H,16,17). The van der Waals surface area contributed by atoms with Crippen molar-refractivity contribution < 1.29 is 24.2 Å². The highest BCUT2D eigenvalue weighted by Crippen LogP contribution is 2.09. The van der Waals surface area contributed by atoms with Crippen LogP contribution in [0.25, 0.3) is 0 Å². The van der Waals surface area contributed by atoms with Crippen molar-refractivity contribution in [3.63, 3.8) is 0 Å². The summed E-state index contributed by atoms with van der Waals surface area (Å²) < 4.78 is 10.4. The molecule has 0 saturated heterocycles. The van der Waals surface area contributed by atoms with E-state index in [1.807, 2.05) is 6.92 Å². The first-order chi connectivity index (χ1) is 9.76. The molecule has 0 aromatic carbocycles. The highest BCUT2D eigenvalue weighted by Gasteiger charge is 2.23. The zero-order chi connectivity index (χ0) is 16.3. The molecule has 0 aromatic heterocycles. The summed E-state index contributed by atoms with van der Waals surface area (Å²) >= 11 is 1.61. The molecule has 0 radical (unpaired) electrons. The van der Waals surface area contributed by atoms with Crippen LogP contribution in [0.5, 0.6) is 0 Å². The Bertz CT molecular complexity index is 317. The highest BCUT2D eigenvalue weighted by molar-refractivity contribution is 7.99. The van der Waals surface area contributed by atoms with Gasteiger partial charge in [0.1, 0.15) is 11.6 Å². The summed E-state index contributed by atoms with van der Waals surface area (Å²) in [6, 6.07) is -0.927. The summed E-state index contributed by atoms with van der Waals surface area (Å²) in [6.07, 6.45) is 0.643. The average Bonchev–Trinajstić information content (AvgIpc) is 2.33. The molecule has 0 rings (SSSR count). The largest absolute Gasteiger partial charge is 0.480 e. The minimum atomic E-state index is -1.05. The monoisotopic (exact) mass is 321 g/mol. The summed E-state index contributed by atoms with van der Waals surface area (Å²) in [5.41, 5.74) is -0.640. The minimum Gasteiger partial charge on any atom is -0.480 e. The first-order valence-corrected chi connectivity index (χ1v) is 8.29. The van der Waals surface area contributed by atoms with Crippen LogP contribution in [0.4, 0.5) is 4.79 Å². The van der Waals surface area contributed by atoms with E-state index in [1.54, 1.807) is 32.5 Å². The summed E-state index contributed by atoms with van der Waals surface area (Å²) in [4.78, 5) is 22.7. The first kappa shape index (κ1) is 20.1. The van der Waals surface area contributed by atoms with Gasteiger partial charge in [0.15, 0.2) is 0 Å². The van der Waals surface area contributed by atoms with Gasteiger partial charge in [0, 0.05) is 12.4 Å². The van der Waals surface area contributed by atoms with E-state index in [0.29, 0.717) is 18.8 Å². The lowest BCUT2D eigenvalue weighted by Gasteiger charge is -2.21. The summed E-state index contributed by atoms with van der Waals surface area (Å²) in [7, 11) is 0. The van der Waals surface area contributed by atoms with Crippen LogP contribution in [-0.4, -0.2) is 53.5 Å². The Hall–Kier alpha value is -0.950. The van der Waals surface area contributed by atoms with Crippen LogP contribution < -0.4 is 5.32 Å². The van der Waals surface area contributed by atoms with E-state index in [1.165, 1.54) is 0 Å². The molecular weight excluding hydrogens is 294 g/mol. The molecule has 0 saturated carbocycles. The van der Waals surface area contributed by atoms with Gasteiger partial charge in [-0.1, -0.05) is 6.92 Å². The quantitative estimate of drug-likeness (QED) is 0.601. The second-order valence-electron chi connectivity index (χ2n) is 5.55. The molecular formula is C14H27NO5S. The molecule has 0 spiro atoms. The van der Waals surface area contributed by atoms with Gasteiger partial charge in [-0.2, -0.15) is 11.8 Å². The van der Waals surface area contributed by atoms with Crippen molar-refractivity contribution in [2.45, 2.75) is 52.2 Å². The van der Waals surface area contributed by atoms with Gasteiger partial charge in [-0.3, -0.25) is 0 Å². The van der Waals surface area contributed by atoms with E-state index < -0.39 is 23.7 Å². The number of thioether (sulfide) groups is 1. The summed E-state index contributed by atoms with van der Waals surface area (Å²) in [5, 5.41) is 11.5. The van der Waals surface area contributed by atoms with Gasteiger partial charge >= 0.3 is 12.1 Å². The Balaban J connectivity index is 3.93. The molecule has 1 atom stereocenters. The number of hydrogen-bond donors (Lipinski definition) is 2. The van der Waals surface area contributed by atoms with Crippen LogP contribution >= 0.6 is 11.8 Å². The molecule has 2 N–H and O–H groups in total. The van der Waals surface area contributed by atoms with Gasteiger partial charge in [-0.15, -0.1) is 0 Å². The predicted octanol–water partition coefficient (Wildman–Crippen LogP) is 2.51. The van der Waals surface area contributed by atoms with Crippen molar-refractivity contribution in [1.29, 1.82) is 0 Å². The number of alkyl carbamates (subject to hydrolysis) is 1. The first-order valence-electron chi connectivity index (χ1n) is 7.14. The van der Waals surface area contributed by atoms with E-state index in [9.17, 15) is 9.59 Å². The molecule has 1 unspecified atom stereocenters. The number of rotatable bonds is 10. The van der Waals surface area contributed by atoms with Crippen molar-refractivity contribution >= 4 is 23.8 Å². The van der Waals surface area contributed by atoms with Gasteiger partial charge in [-0.25, -0.2) is 9.59 Å².